The first-order valence-electron chi connectivity index (χ1n) is 10.0. The molecular weight excluding hydrogens is 392 g/mol. The van der Waals surface area contributed by atoms with Gasteiger partial charge < -0.3 is 25.7 Å². The number of hydrogen-bond donors (Lipinski definition) is 3. The minimum Gasteiger partial charge on any atom is -0.489 e. The summed E-state index contributed by atoms with van der Waals surface area (Å²) < 4.78 is 11.9. The van der Waals surface area contributed by atoms with Crippen LogP contribution in [0.15, 0.2) is 71.3 Å². The van der Waals surface area contributed by atoms with Crippen molar-refractivity contribution in [1.82, 2.24) is 0 Å². The molecule has 0 spiro atoms. The Bertz CT molecular complexity index is 1230. The second-order valence-electron chi connectivity index (χ2n) is 7.30. The van der Waals surface area contributed by atoms with Crippen molar-refractivity contribution in [1.29, 1.82) is 0 Å². The van der Waals surface area contributed by atoms with E-state index in [0.29, 0.717) is 24.4 Å². The molecule has 0 bridgehead atoms. The number of furan rings is 1. The lowest BCUT2D eigenvalue weighted by Gasteiger charge is -2.16. The van der Waals surface area contributed by atoms with Crippen LogP contribution in [0.3, 0.4) is 0 Å². The highest BCUT2D eigenvalue weighted by Crippen LogP contribution is 2.35. The largest absolute Gasteiger partial charge is 0.489 e. The zero-order valence-corrected chi connectivity index (χ0v) is 17.0. The van der Waals surface area contributed by atoms with E-state index in [9.17, 15) is 4.79 Å². The topological polar surface area (TPSA) is 112 Å². The Balaban J connectivity index is 1.75. The molecule has 0 radical (unpaired) electrons. The maximum atomic E-state index is 11.2. The lowest BCUT2D eigenvalue weighted by Crippen LogP contribution is -2.08. The van der Waals surface area contributed by atoms with E-state index in [1.807, 2.05) is 42.5 Å². The van der Waals surface area contributed by atoms with Crippen molar-refractivity contribution >= 4 is 16.9 Å². The number of nitrogens with two attached hydrogens (primary N) is 2. The van der Waals surface area contributed by atoms with E-state index in [0.717, 1.165) is 38.8 Å². The van der Waals surface area contributed by atoms with Crippen molar-refractivity contribution in [2.45, 2.75) is 26.1 Å². The van der Waals surface area contributed by atoms with Crippen LogP contribution in [0.25, 0.3) is 22.1 Å². The van der Waals surface area contributed by atoms with Crippen molar-refractivity contribution in [2.24, 2.45) is 11.5 Å². The molecule has 4 aromatic rings. The molecule has 6 nitrogen and oxygen atoms in total. The highest BCUT2D eigenvalue weighted by atomic mass is 16.5. The smallest absolute Gasteiger partial charge is 0.307 e. The van der Waals surface area contributed by atoms with Gasteiger partial charge in [0.05, 0.1) is 12.7 Å². The third kappa shape index (κ3) is 4.30. The van der Waals surface area contributed by atoms with E-state index in [2.05, 4.69) is 0 Å². The average molecular weight is 416 g/mol. The molecule has 5 N–H and O–H groups in total. The molecule has 0 amide bonds. The molecule has 158 valence electrons. The Morgan fingerprint density at radius 2 is 1.81 bits per heavy atom. The number of para-hydroxylation sites is 1. The van der Waals surface area contributed by atoms with Crippen LogP contribution in [0.5, 0.6) is 5.75 Å². The summed E-state index contributed by atoms with van der Waals surface area (Å²) in [4.78, 5) is 11.2. The van der Waals surface area contributed by atoms with E-state index in [1.165, 1.54) is 0 Å². The van der Waals surface area contributed by atoms with Gasteiger partial charge in [0.25, 0.3) is 0 Å². The first-order valence-corrected chi connectivity index (χ1v) is 10.0. The van der Waals surface area contributed by atoms with Crippen molar-refractivity contribution in [2.75, 3.05) is 0 Å². The molecule has 0 atom stereocenters. The van der Waals surface area contributed by atoms with Gasteiger partial charge in [0.15, 0.2) is 0 Å². The number of carboxylic acids is 1. The zero-order chi connectivity index (χ0) is 21.8. The summed E-state index contributed by atoms with van der Waals surface area (Å²) in [5.41, 5.74) is 18.1. The lowest BCUT2D eigenvalue weighted by molar-refractivity contribution is -0.136. The molecular formula is C25H24N2O4. The van der Waals surface area contributed by atoms with Crippen molar-refractivity contribution < 1.29 is 19.1 Å². The highest BCUT2D eigenvalue weighted by molar-refractivity contribution is 5.95. The number of hydrogen-bond acceptors (Lipinski definition) is 5. The van der Waals surface area contributed by atoms with Gasteiger partial charge in [-0.1, -0.05) is 36.4 Å². The van der Waals surface area contributed by atoms with Crippen LogP contribution in [0.4, 0.5) is 0 Å². The Kier molecular flexibility index (Phi) is 6.02. The second-order valence-corrected chi connectivity index (χ2v) is 7.30. The van der Waals surface area contributed by atoms with Gasteiger partial charge in [0.1, 0.15) is 17.9 Å². The van der Waals surface area contributed by atoms with Crippen LogP contribution in [0.2, 0.25) is 0 Å². The van der Waals surface area contributed by atoms with Gasteiger partial charge in [-0.25, -0.2) is 0 Å². The molecule has 3 aromatic carbocycles. The average Bonchev–Trinajstić information content (AvgIpc) is 3.27. The van der Waals surface area contributed by atoms with E-state index in [1.54, 1.807) is 24.5 Å². The number of rotatable bonds is 8. The molecule has 4 rings (SSSR count). The molecule has 6 heteroatoms. The van der Waals surface area contributed by atoms with Crippen LogP contribution < -0.4 is 16.2 Å². The van der Waals surface area contributed by atoms with Gasteiger partial charge in [-0.2, -0.15) is 0 Å². The van der Waals surface area contributed by atoms with Gasteiger partial charge in [0.2, 0.25) is 0 Å². The molecule has 0 aliphatic heterocycles. The normalized spacial score (nSPS) is 11.0. The zero-order valence-electron chi connectivity index (χ0n) is 17.0. The first-order chi connectivity index (χ1) is 15.1. The fraction of sp³-hybridized carbons (Fsp3) is 0.160. The standard InChI is InChI=1S/C25H24N2O4/c26-13-16-4-3-6-17(10-16)21-11-19(22(14-27)20-8-9-30-25(20)21)15-31-23-7-2-1-5-18(23)12-24(28)29/h1-11H,12-15,26-27H2,(H,28,29). The summed E-state index contributed by atoms with van der Waals surface area (Å²) in [6, 6.07) is 19.1. The quantitative estimate of drug-likeness (QED) is 0.396. The molecule has 0 aliphatic rings. The van der Waals surface area contributed by atoms with Crippen LogP contribution in [-0.4, -0.2) is 11.1 Å². The summed E-state index contributed by atoms with van der Waals surface area (Å²) in [5.74, 6) is -0.354. The predicted octanol–water partition coefficient (Wildman–Crippen LogP) is 4.22. The Hall–Kier alpha value is -3.61. The minimum atomic E-state index is -0.902. The van der Waals surface area contributed by atoms with E-state index < -0.39 is 5.97 Å². The van der Waals surface area contributed by atoms with Gasteiger partial charge in [0, 0.05) is 29.6 Å². The first kappa shape index (κ1) is 20.7. The number of ether oxygens (including phenoxy) is 1. The van der Waals surface area contributed by atoms with Crippen molar-refractivity contribution in [3.63, 3.8) is 0 Å². The summed E-state index contributed by atoms with van der Waals surface area (Å²) in [5, 5.41) is 10.1. The number of fused-ring (bicyclic) bond motifs is 1. The SMILES string of the molecule is NCc1cccc(-c2cc(COc3ccccc3CC(=O)O)c(CN)c3ccoc23)c1. The molecule has 1 aromatic heterocycles. The summed E-state index contributed by atoms with van der Waals surface area (Å²) >= 11 is 0. The van der Waals surface area contributed by atoms with Crippen molar-refractivity contribution in [3.8, 4) is 16.9 Å². The number of benzene rings is 3. The molecule has 1 heterocycles. The Labute approximate surface area is 180 Å². The predicted molar refractivity (Wildman–Crippen MR) is 120 cm³/mol. The van der Waals surface area contributed by atoms with E-state index in [-0.39, 0.29) is 13.0 Å². The highest BCUT2D eigenvalue weighted by Gasteiger charge is 2.17. The van der Waals surface area contributed by atoms with Gasteiger partial charge in [-0.3, -0.25) is 4.79 Å². The summed E-state index contributed by atoms with van der Waals surface area (Å²) in [6.07, 6.45) is 1.56. The Morgan fingerprint density at radius 3 is 2.58 bits per heavy atom. The van der Waals surface area contributed by atoms with Crippen LogP contribution >= 0.6 is 0 Å². The minimum absolute atomic E-state index is 0.0994. The lowest BCUT2D eigenvalue weighted by atomic mass is 9.95. The Morgan fingerprint density at radius 1 is 0.968 bits per heavy atom. The van der Waals surface area contributed by atoms with Gasteiger partial charge in [-0.15, -0.1) is 0 Å². The number of carbonyl (C=O) groups is 1. The van der Waals surface area contributed by atoms with Crippen LogP contribution in [-0.2, 0) is 30.9 Å². The van der Waals surface area contributed by atoms with Gasteiger partial charge in [-0.05, 0) is 46.5 Å². The molecule has 0 aliphatic carbocycles. The molecule has 0 saturated carbocycles. The monoisotopic (exact) mass is 416 g/mol. The molecule has 0 fully saturated rings. The fourth-order valence-corrected chi connectivity index (χ4v) is 3.81. The van der Waals surface area contributed by atoms with Crippen LogP contribution in [0, 0.1) is 0 Å². The number of aliphatic carboxylic acids is 1. The maximum absolute atomic E-state index is 11.2. The van der Waals surface area contributed by atoms with E-state index >= 15 is 0 Å². The number of carboxylic acid groups (broad SMARTS) is 1. The molecule has 31 heavy (non-hydrogen) atoms. The maximum Gasteiger partial charge on any atom is 0.307 e. The van der Waals surface area contributed by atoms with Crippen LogP contribution in [0.1, 0.15) is 22.3 Å². The summed E-state index contributed by atoms with van der Waals surface area (Å²) in [6.45, 7) is 1.04. The second kappa shape index (κ2) is 9.04. The van der Waals surface area contributed by atoms with E-state index in [4.69, 9.17) is 25.7 Å². The van der Waals surface area contributed by atoms with Crippen molar-refractivity contribution in [3.05, 3.63) is 89.2 Å². The fourth-order valence-electron chi connectivity index (χ4n) is 3.81. The summed E-state index contributed by atoms with van der Waals surface area (Å²) in [7, 11) is 0. The third-order valence-corrected chi connectivity index (χ3v) is 5.32. The molecule has 0 saturated heterocycles. The third-order valence-electron chi connectivity index (χ3n) is 5.32. The molecule has 0 unspecified atom stereocenters. The van der Waals surface area contributed by atoms with Gasteiger partial charge >= 0.3 is 5.97 Å².